The first-order valence-corrected chi connectivity index (χ1v) is 17.0. The minimum Gasteiger partial charge on any atom is -0.486 e. The van der Waals surface area contributed by atoms with E-state index in [1.807, 2.05) is 44.2 Å². The molecule has 236 valence electrons. The van der Waals surface area contributed by atoms with E-state index in [0.29, 0.717) is 46.0 Å². The molecule has 0 aliphatic carbocycles. The van der Waals surface area contributed by atoms with E-state index < -0.39 is 16.1 Å². The lowest BCUT2D eigenvalue weighted by atomic mass is 10.0. The number of halogens is 2. The highest BCUT2D eigenvalue weighted by Crippen LogP contribution is 2.35. The van der Waals surface area contributed by atoms with Gasteiger partial charge in [-0.3, -0.25) is 13.9 Å². The predicted molar refractivity (Wildman–Crippen MR) is 173 cm³/mol. The molecule has 0 spiro atoms. The summed E-state index contributed by atoms with van der Waals surface area (Å²) in [7, 11) is -3.69. The number of hydrogen-bond donors (Lipinski definition) is 1. The van der Waals surface area contributed by atoms with E-state index in [1.165, 1.54) is 9.21 Å². The van der Waals surface area contributed by atoms with E-state index >= 15 is 0 Å². The molecule has 0 fully saturated rings. The number of ether oxygens (including phenoxy) is 2. The molecule has 3 aromatic carbocycles. The summed E-state index contributed by atoms with van der Waals surface area (Å²) in [5, 5.41) is 3.78. The zero-order chi connectivity index (χ0) is 31.9. The van der Waals surface area contributed by atoms with Crippen LogP contribution in [-0.4, -0.2) is 63.2 Å². The number of nitrogens with zero attached hydrogens (tertiary/aromatic N) is 2. The second-order valence-corrected chi connectivity index (χ2v) is 13.6. The summed E-state index contributed by atoms with van der Waals surface area (Å²) in [4.78, 5) is 29.1. The Morgan fingerprint density at radius 3 is 2.32 bits per heavy atom. The topological polar surface area (TPSA) is 105 Å². The fourth-order valence-electron chi connectivity index (χ4n) is 4.96. The van der Waals surface area contributed by atoms with Crippen molar-refractivity contribution in [3.05, 3.63) is 87.9 Å². The monoisotopic (exact) mass is 661 g/mol. The van der Waals surface area contributed by atoms with Crippen molar-refractivity contribution in [1.29, 1.82) is 0 Å². The number of rotatable bonds is 13. The Kier molecular flexibility index (Phi) is 11.4. The summed E-state index contributed by atoms with van der Waals surface area (Å²) in [5.41, 5.74) is 1.93. The van der Waals surface area contributed by atoms with Gasteiger partial charge in [0.05, 0.1) is 11.9 Å². The number of carbonyl (C=O) groups excluding carboxylic acids is 2. The Morgan fingerprint density at radius 1 is 0.955 bits per heavy atom. The van der Waals surface area contributed by atoms with E-state index in [4.69, 9.17) is 32.7 Å². The Hall–Kier alpha value is -3.47. The molecule has 0 radical (unpaired) electrons. The molecule has 0 saturated carbocycles. The van der Waals surface area contributed by atoms with Crippen molar-refractivity contribution in [2.75, 3.05) is 30.3 Å². The van der Waals surface area contributed by atoms with Crippen molar-refractivity contribution in [3.63, 3.8) is 0 Å². The molecule has 1 atom stereocenters. The Labute approximate surface area is 269 Å². The quantitative estimate of drug-likeness (QED) is 0.260. The van der Waals surface area contributed by atoms with Gasteiger partial charge in [-0.1, -0.05) is 59.6 Å². The maximum atomic E-state index is 14.0. The molecule has 1 unspecified atom stereocenters. The van der Waals surface area contributed by atoms with Crippen LogP contribution in [0.3, 0.4) is 0 Å². The highest BCUT2D eigenvalue weighted by Gasteiger charge is 2.31. The summed E-state index contributed by atoms with van der Waals surface area (Å²) in [6.45, 7) is 4.61. The molecule has 44 heavy (non-hydrogen) atoms. The van der Waals surface area contributed by atoms with Gasteiger partial charge in [-0.2, -0.15) is 0 Å². The molecule has 0 aromatic heterocycles. The molecular weight excluding hydrogens is 625 g/mol. The van der Waals surface area contributed by atoms with E-state index in [9.17, 15) is 18.0 Å². The number of fused-ring (bicyclic) bond motifs is 1. The number of sulfonamides is 1. The molecule has 1 aliphatic rings. The maximum Gasteiger partial charge on any atom is 0.243 e. The van der Waals surface area contributed by atoms with Crippen LogP contribution in [0.25, 0.3) is 0 Å². The first kappa shape index (κ1) is 33.4. The van der Waals surface area contributed by atoms with Gasteiger partial charge in [-0.05, 0) is 55.7 Å². The van der Waals surface area contributed by atoms with E-state index in [2.05, 4.69) is 5.32 Å². The third-order valence-electron chi connectivity index (χ3n) is 7.02. The second-order valence-electron chi connectivity index (χ2n) is 10.9. The largest absolute Gasteiger partial charge is 0.486 e. The molecule has 0 bridgehead atoms. The number of amides is 2. The van der Waals surface area contributed by atoms with Crippen LogP contribution in [-0.2, 0) is 32.6 Å². The van der Waals surface area contributed by atoms with Crippen molar-refractivity contribution >= 4 is 50.7 Å². The minimum atomic E-state index is -3.69. The van der Waals surface area contributed by atoms with Crippen LogP contribution in [0.5, 0.6) is 11.5 Å². The predicted octanol–water partition coefficient (Wildman–Crippen LogP) is 5.48. The van der Waals surface area contributed by atoms with E-state index in [-0.39, 0.29) is 50.2 Å². The van der Waals surface area contributed by atoms with Gasteiger partial charge in [0.15, 0.2) is 11.5 Å². The van der Waals surface area contributed by atoms with Crippen molar-refractivity contribution in [1.82, 2.24) is 10.2 Å². The molecule has 12 heteroatoms. The number of hydrogen-bond acceptors (Lipinski definition) is 6. The van der Waals surface area contributed by atoms with Crippen LogP contribution in [0.2, 0.25) is 10.0 Å². The normalized spacial score (nSPS) is 13.3. The zero-order valence-corrected chi connectivity index (χ0v) is 27.3. The number of benzene rings is 3. The summed E-state index contributed by atoms with van der Waals surface area (Å²) in [6, 6.07) is 18.4. The molecule has 3 aromatic rings. The van der Waals surface area contributed by atoms with Crippen LogP contribution in [0, 0.1) is 0 Å². The third-order valence-corrected chi connectivity index (χ3v) is 8.80. The van der Waals surface area contributed by atoms with Crippen LogP contribution in [0.4, 0.5) is 5.69 Å². The van der Waals surface area contributed by atoms with Crippen LogP contribution in [0.15, 0.2) is 66.7 Å². The third kappa shape index (κ3) is 9.03. The lowest BCUT2D eigenvalue weighted by molar-refractivity contribution is -0.141. The standard InChI is InChI=1S/C32H37Cl2N3O6S/c1-22(2)35-32(39)28(18-23-8-5-4-6-9-23)36(21-24-11-12-25(33)19-27(24)34)31(38)10-7-15-37(44(3,40)41)26-13-14-29-30(20-26)43-17-16-42-29/h4-6,8-9,11-14,19-20,22,28H,7,10,15-18,21H2,1-3H3,(H,35,39). The highest BCUT2D eigenvalue weighted by atomic mass is 35.5. The second kappa shape index (κ2) is 15.0. The first-order chi connectivity index (χ1) is 20.9. The van der Waals surface area contributed by atoms with Gasteiger partial charge in [0.1, 0.15) is 19.3 Å². The van der Waals surface area contributed by atoms with Gasteiger partial charge < -0.3 is 19.7 Å². The Bertz CT molecular complexity index is 1570. The summed E-state index contributed by atoms with van der Waals surface area (Å²) < 4.78 is 38.0. The lowest BCUT2D eigenvalue weighted by Crippen LogP contribution is -2.51. The molecule has 1 heterocycles. The van der Waals surface area contributed by atoms with Crippen molar-refractivity contribution < 1.29 is 27.5 Å². The molecule has 4 rings (SSSR count). The van der Waals surface area contributed by atoms with Crippen LogP contribution < -0.4 is 19.1 Å². The van der Waals surface area contributed by atoms with Crippen molar-refractivity contribution in [3.8, 4) is 11.5 Å². The molecule has 9 nitrogen and oxygen atoms in total. The minimum absolute atomic E-state index is 0.0119. The van der Waals surface area contributed by atoms with Gasteiger partial charge in [0, 0.05) is 48.1 Å². The summed E-state index contributed by atoms with van der Waals surface area (Å²) in [6.07, 6.45) is 1.59. The lowest BCUT2D eigenvalue weighted by Gasteiger charge is -2.32. The summed E-state index contributed by atoms with van der Waals surface area (Å²) in [5.74, 6) is 0.400. The fraction of sp³-hybridized carbons (Fsp3) is 0.375. The molecule has 1 aliphatic heterocycles. The Balaban J connectivity index is 1.59. The van der Waals surface area contributed by atoms with Crippen LogP contribution in [0.1, 0.15) is 37.8 Å². The summed E-state index contributed by atoms with van der Waals surface area (Å²) >= 11 is 12.6. The van der Waals surface area contributed by atoms with E-state index in [0.717, 1.165) is 11.8 Å². The van der Waals surface area contributed by atoms with E-state index in [1.54, 1.807) is 36.4 Å². The van der Waals surface area contributed by atoms with Crippen molar-refractivity contribution in [2.24, 2.45) is 0 Å². The highest BCUT2D eigenvalue weighted by molar-refractivity contribution is 7.92. The van der Waals surface area contributed by atoms with Gasteiger partial charge in [-0.25, -0.2) is 8.42 Å². The molecule has 2 amide bonds. The molecular formula is C32H37Cl2N3O6S. The number of anilines is 1. The number of carbonyl (C=O) groups is 2. The van der Waals surface area contributed by atoms with Gasteiger partial charge in [0.25, 0.3) is 0 Å². The van der Waals surface area contributed by atoms with Gasteiger partial charge in [0.2, 0.25) is 21.8 Å². The Morgan fingerprint density at radius 2 is 1.66 bits per heavy atom. The fourth-order valence-corrected chi connectivity index (χ4v) is 6.38. The van der Waals surface area contributed by atoms with Gasteiger partial charge >= 0.3 is 0 Å². The SMILES string of the molecule is CC(C)NC(=O)C(Cc1ccccc1)N(Cc1ccc(Cl)cc1Cl)C(=O)CCCN(c1ccc2c(c1)OCCO2)S(C)(=O)=O. The average molecular weight is 663 g/mol. The van der Waals surface area contributed by atoms with Crippen molar-refractivity contribution in [2.45, 2.75) is 51.7 Å². The molecule has 1 N–H and O–H groups in total. The smallest absolute Gasteiger partial charge is 0.243 e. The molecule has 0 saturated heterocycles. The zero-order valence-electron chi connectivity index (χ0n) is 25.0. The number of nitrogens with one attached hydrogen (secondary N) is 1. The van der Waals surface area contributed by atoms with Crippen LogP contribution >= 0.6 is 23.2 Å². The maximum absolute atomic E-state index is 14.0. The first-order valence-electron chi connectivity index (χ1n) is 14.4. The van der Waals surface area contributed by atoms with Gasteiger partial charge in [-0.15, -0.1) is 0 Å². The average Bonchev–Trinajstić information content (AvgIpc) is 2.97.